The van der Waals surface area contributed by atoms with Crippen LogP contribution in [0.2, 0.25) is 10.0 Å². The SMILES string of the molecule is CC(C)[C@@H](NC(=O)c1cnc(Oc2ccccc2)c(Cl)c1)C(=O)N1CCC(c2ccc(Cl)cc2)C(C)(C)C1. The Morgan fingerprint density at radius 3 is 2.37 bits per heavy atom. The number of aromatic nitrogens is 1. The van der Waals surface area contributed by atoms with Crippen LogP contribution in [0.5, 0.6) is 11.6 Å². The lowest BCUT2D eigenvalue weighted by Crippen LogP contribution is -2.55. The molecule has 1 N–H and O–H groups in total. The van der Waals surface area contributed by atoms with E-state index in [-0.39, 0.29) is 33.7 Å². The van der Waals surface area contributed by atoms with E-state index < -0.39 is 11.9 Å². The highest BCUT2D eigenvalue weighted by molar-refractivity contribution is 6.32. The fourth-order valence-electron chi connectivity index (χ4n) is 5.02. The van der Waals surface area contributed by atoms with E-state index in [1.165, 1.54) is 17.8 Å². The van der Waals surface area contributed by atoms with Gasteiger partial charge in [0.1, 0.15) is 16.8 Å². The highest BCUT2D eigenvalue weighted by atomic mass is 35.5. The summed E-state index contributed by atoms with van der Waals surface area (Å²) < 4.78 is 5.70. The highest BCUT2D eigenvalue weighted by Crippen LogP contribution is 2.42. The summed E-state index contributed by atoms with van der Waals surface area (Å²) in [7, 11) is 0. The smallest absolute Gasteiger partial charge is 0.253 e. The van der Waals surface area contributed by atoms with Crippen molar-refractivity contribution in [3.8, 4) is 11.6 Å². The van der Waals surface area contributed by atoms with E-state index in [0.29, 0.717) is 29.8 Å². The van der Waals surface area contributed by atoms with Crippen LogP contribution in [0.3, 0.4) is 0 Å². The number of nitrogens with zero attached hydrogens (tertiary/aromatic N) is 2. The van der Waals surface area contributed by atoms with Crippen LogP contribution < -0.4 is 10.1 Å². The largest absolute Gasteiger partial charge is 0.438 e. The molecule has 1 aliphatic rings. The molecule has 1 saturated heterocycles. The normalized spacial score (nSPS) is 17.7. The molecule has 0 bridgehead atoms. The Morgan fingerprint density at radius 2 is 1.76 bits per heavy atom. The minimum Gasteiger partial charge on any atom is -0.438 e. The van der Waals surface area contributed by atoms with Gasteiger partial charge in [0, 0.05) is 24.3 Å². The lowest BCUT2D eigenvalue weighted by atomic mass is 9.70. The van der Waals surface area contributed by atoms with Crippen molar-refractivity contribution in [1.29, 1.82) is 0 Å². The van der Waals surface area contributed by atoms with Gasteiger partial charge in [-0.15, -0.1) is 0 Å². The van der Waals surface area contributed by atoms with Gasteiger partial charge in [0.2, 0.25) is 11.8 Å². The van der Waals surface area contributed by atoms with E-state index in [1.807, 2.05) is 49.1 Å². The molecule has 1 aromatic heterocycles. The summed E-state index contributed by atoms with van der Waals surface area (Å²) in [6.45, 7) is 9.43. The number of pyridine rings is 1. The third-order valence-corrected chi connectivity index (χ3v) is 7.58. The highest BCUT2D eigenvalue weighted by Gasteiger charge is 2.40. The Kier molecular flexibility index (Phi) is 8.64. The fraction of sp³-hybridized carbons (Fsp3) is 0.367. The molecule has 1 fully saturated rings. The van der Waals surface area contributed by atoms with Crippen molar-refractivity contribution in [3.63, 3.8) is 0 Å². The molecule has 2 heterocycles. The lowest BCUT2D eigenvalue weighted by molar-refractivity contribution is -0.137. The molecule has 200 valence electrons. The summed E-state index contributed by atoms with van der Waals surface area (Å²) in [6.07, 6.45) is 2.24. The molecule has 3 aromatic rings. The van der Waals surface area contributed by atoms with E-state index in [1.54, 1.807) is 12.1 Å². The third kappa shape index (κ3) is 6.48. The van der Waals surface area contributed by atoms with Gasteiger partial charge in [-0.3, -0.25) is 9.59 Å². The maximum Gasteiger partial charge on any atom is 0.253 e. The molecular weight excluding hydrogens is 521 g/mol. The minimum atomic E-state index is -0.676. The van der Waals surface area contributed by atoms with Gasteiger partial charge in [-0.05, 0) is 59.6 Å². The number of piperidine rings is 1. The second-order valence-electron chi connectivity index (χ2n) is 10.8. The predicted molar refractivity (Wildman–Crippen MR) is 151 cm³/mol. The van der Waals surface area contributed by atoms with Gasteiger partial charge in [-0.1, -0.05) is 81.2 Å². The number of amides is 2. The number of nitrogens with one attached hydrogen (secondary N) is 1. The summed E-state index contributed by atoms with van der Waals surface area (Å²) in [5, 5.41) is 3.84. The Morgan fingerprint density at radius 1 is 1.08 bits per heavy atom. The minimum absolute atomic E-state index is 0.0842. The quantitative estimate of drug-likeness (QED) is 0.342. The van der Waals surface area contributed by atoms with Crippen LogP contribution in [0, 0.1) is 11.3 Å². The zero-order chi connectivity index (χ0) is 27.4. The summed E-state index contributed by atoms with van der Waals surface area (Å²) in [4.78, 5) is 32.9. The van der Waals surface area contributed by atoms with E-state index in [4.69, 9.17) is 27.9 Å². The second kappa shape index (κ2) is 11.7. The Balaban J connectivity index is 1.43. The lowest BCUT2D eigenvalue weighted by Gasteiger charge is -2.45. The van der Waals surface area contributed by atoms with Crippen molar-refractivity contribution in [2.75, 3.05) is 13.1 Å². The molecule has 2 atom stereocenters. The molecule has 4 rings (SSSR count). The Hall–Kier alpha value is -3.09. The number of rotatable bonds is 7. The number of ether oxygens (including phenoxy) is 1. The molecule has 2 aromatic carbocycles. The standard InChI is InChI=1S/C30H33Cl2N3O3/c1-19(2)26(29(37)35-15-14-24(30(3,4)18-35)20-10-12-22(31)13-11-20)34-27(36)21-16-25(32)28(33-17-21)38-23-8-6-5-7-9-23/h5-13,16-17,19,24,26H,14-15,18H2,1-4H3,(H,34,36)/t24?,26-/m1/s1. The van der Waals surface area contributed by atoms with Gasteiger partial charge >= 0.3 is 0 Å². The number of para-hydroxylation sites is 1. The molecular formula is C30H33Cl2N3O3. The van der Waals surface area contributed by atoms with Crippen molar-refractivity contribution < 1.29 is 14.3 Å². The summed E-state index contributed by atoms with van der Waals surface area (Å²) in [5.74, 6) is 0.504. The first-order valence-electron chi connectivity index (χ1n) is 12.8. The van der Waals surface area contributed by atoms with Crippen molar-refractivity contribution in [1.82, 2.24) is 15.2 Å². The van der Waals surface area contributed by atoms with Crippen LogP contribution in [0.15, 0.2) is 66.9 Å². The van der Waals surface area contributed by atoms with Gasteiger partial charge in [0.15, 0.2) is 0 Å². The molecule has 6 nitrogen and oxygen atoms in total. The van der Waals surface area contributed by atoms with Crippen LogP contribution >= 0.6 is 23.2 Å². The molecule has 1 unspecified atom stereocenters. The third-order valence-electron chi connectivity index (χ3n) is 7.06. The van der Waals surface area contributed by atoms with Gasteiger partial charge in [-0.2, -0.15) is 0 Å². The number of hydrogen-bond donors (Lipinski definition) is 1. The van der Waals surface area contributed by atoms with E-state index in [0.717, 1.165) is 6.42 Å². The zero-order valence-electron chi connectivity index (χ0n) is 22.1. The average molecular weight is 555 g/mol. The van der Waals surface area contributed by atoms with Crippen molar-refractivity contribution in [2.45, 2.75) is 46.1 Å². The molecule has 0 aliphatic carbocycles. The monoisotopic (exact) mass is 553 g/mol. The number of likely N-dealkylation sites (tertiary alicyclic amines) is 1. The molecule has 8 heteroatoms. The number of benzene rings is 2. The summed E-state index contributed by atoms with van der Waals surface area (Å²) in [6, 6.07) is 17.9. The number of carbonyl (C=O) groups excluding carboxylic acids is 2. The van der Waals surface area contributed by atoms with Crippen LogP contribution in [0.1, 0.15) is 56.0 Å². The van der Waals surface area contributed by atoms with Gasteiger partial charge in [0.05, 0.1) is 5.56 Å². The molecule has 0 radical (unpaired) electrons. The van der Waals surface area contributed by atoms with Crippen LogP contribution in [-0.2, 0) is 4.79 Å². The van der Waals surface area contributed by atoms with Crippen LogP contribution in [-0.4, -0.2) is 40.8 Å². The second-order valence-corrected chi connectivity index (χ2v) is 11.6. The Labute approximate surface area is 234 Å². The number of carbonyl (C=O) groups is 2. The zero-order valence-corrected chi connectivity index (χ0v) is 23.6. The molecule has 1 aliphatic heterocycles. The fourth-order valence-corrected chi connectivity index (χ4v) is 5.35. The predicted octanol–water partition coefficient (Wildman–Crippen LogP) is 6.98. The first-order valence-corrected chi connectivity index (χ1v) is 13.5. The van der Waals surface area contributed by atoms with Crippen LogP contribution in [0.25, 0.3) is 0 Å². The van der Waals surface area contributed by atoms with Gasteiger partial charge < -0.3 is 15.0 Å². The average Bonchev–Trinajstić information content (AvgIpc) is 2.88. The van der Waals surface area contributed by atoms with Crippen molar-refractivity contribution >= 4 is 35.0 Å². The van der Waals surface area contributed by atoms with E-state index in [2.05, 4.69) is 36.3 Å². The maximum atomic E-state index is 13.6. The molecule has 0 saturated carbocycles. The van der Waals surface area contributed by atoms with Crippen molar-refractivity contribution in [3.05, 3.63) is 88.0 Å². The first-order chi connectivity index (χ1) is 18.0. The van der Waals surface area contributed by atoms with E-state index in [9.17, 15) is 9.59 Å². The topological polar surface area (TPSA) is 71.5 Å². The molecule has 38 heavy (non-hydrogen) atoms. The maximum absolute atomic E-state index is 13.6. The molecule has 2 amide bonds. The van der Waals surface area contributed by atoms with Gasteiger partial charge in [0.25, 0.3) is 5.91 Å². The van der Waals surface area contributed by atoms with Crippen molar-refractivity contribution in [2.24, 2.45) is 11.3 Å². The van der Waals surface area contributed by atoms with Gasteiger partial charge in [-0.25, -0.2) is 4.98 Å². The summed E-state index contributed by atoms with van der Waals surface area (Å²) in [5.41, 5.74) is 1.35. The van der Waals surface area contributed by atoms with E-state index >= 15 is 0 Å². The first kappa shape index (κ1) is 27.9. The number of hydrogen-bond acceptors (Lipinski definition) is 4. The Bertz CT molecular complexity index is 1280. The number of halogens is 2. The summed E-state index contributed by atoms with van der Waals surface area (Å²) >= 11 is 12.4. The van der Waals surface area contributed by atoms with Crippen LogP contribution in [0.4, 0.5) is 0 Å². The molecule has 0 spiro atoms.